The average Bonchev–Trinajstić information content (AvgIpc) is 3.43. The summed E-state index contributed by atoms with van der Waals surface area (Å²) in [6, 6.07) is 10.7. The number of hydrogen-bond acceptors (Lipinski definition) is 6. The number of fused-ring (bicyclic) bond motifs is 3. The van der Waals surface area contributed by atoms with Crippen molar-refractivity contribution < 1.29 is 24.3 Å². The Kier molecular flexibility index (Phi) is 4.84. The summed E-state index contributed by atoms with van der Waals surface area (Å²) in [5.74, 6) is 0.531. The fourth-order valence-corrected chi connectivity index (χ4v) is 4.41. The van der Waals surface area contributed by atoms with Gasteiger partial charge in [-0.25, -0.2) is 0 Å². The molecule has 0 spiro atoms. The molecular weight excluding hydrogens is 410 g/mol. The first-order valence-electron chi connectivity index (χ1n) is 10.6. The molecule has 32 heavy (non-hydrogen) atoms. The molecule has 0 fully saturated rings. The molecule has 2 heterocycles. The molecule has 5 rings (SSSR count). The predicted molar refractivity (Wildman–Crippen MR) is 118 cm³/mol. The predicted octanol–water partition coefficient (Wildman–Crippen LogP) is 4.88. The maximum absolute atomic E-state index is 11.2. The van der Waals surface area contributed by atoms with Crippen LogP contribution < -0.4 is 4.74 Å². The lowest BCUT2D eigenvalue weighted by Gasteiger charge is -2.10. The fraction of sp³-hybridized carbons (Fsp3) is 0.292. The van der Waals surface area contributed by atoms with E-state index in [0.29, 0.717) is 17.1 Å². The minimum absolute atomic E-state index is 0.0168. The summed E-state index contributed by atoms with van der Waals surface area (Å²) in [6.07, 6.45) is 1.77. The van der Waals surface area contributed by atoms with E-state index in [1.54, 1.807) is 18.2 Å². The lowest BCUT2D eigenvalue weighted by Crippen LogP contribution is -2.05. The smallest absolute Gasteiger partial charge is 0.304 e. The van der Waals surface area contributed by atoms with Crippen LogP contribution in [0.4, 0.5) is 0 Å². The van der Waals surface area contributed by atoms with Crippen molar-refractivity contribution >= 4 is 16.9 Å². The van der Waals surface area contributed by atoms with Gasteiger partial charge < -0.3 is 24.5 Å². The Morgan fingerprint density at radius 1 is 1.25 bits per heavy atom. The van der Waals surface area contributed by atoms with E-state index >= 15 is 0 Å². The number of phenolic OH excluding ortho intramolecular Hbond substituents is 1. The molecule has 1 aliphatic carbocycles. The van der Waals surface area contributed by atoms with Gasteiger partial charge in [0.2, 0.25) is 5.82 Å². The van der Waals surface area contributed by atoms with E-state index in [-0.39, 0.29) is 30.1 Å². The summed E-state index contributed by atoms with van der Waals surface area (Å²) in [4.78, 5) is 19.1. The van der Waals surface area contributed by atoms with Crippen LogP contribution in [-0.4, -0.2) is 37.4 Å². The number of carboxylic acid groups (broad SMARTS) is 1. The number of phenols is 1. The SMILES string of the molecule is CC(C)Oc1cc(O)cc(-c2nc(-c3ccc4[nH]c5c(c4c3)CCC5CC(=O)O)no2)c1. The van der Waals surface area contributed by atoms with Crippen molar-refractivity contribution in [2.75, 3.05) is 0 Å². The first kappa shape index (κ1) is 20.1. The van der Waals surface area contributed by atoms with Crippen molar-refractivity contribution in [2.24, 2.45) is 0 Å². The Bertz CT molecular complexity index is 1320. The molecule has 8 heteroatoms. The van der Waals surface area contributed by atoms with Gasteiger partial charge in [0, 0.05) is 39.7 Å². The molecule has 0 radical (unpaired) electrons. The van der Waals surface area contributed by atoms with Gasteiger partial charge in [-0.2, -0.15) is 4.98 Å². The number of carboxylic acids is 1. The third-order valence-corrected chi connectivity index (χ3v) is 5.71. The van der Waals surface area contributed by atoms with Crippen molar-refractivity contribution in [2.45, 2.75) is 45.1 Å². The molecule has 2 aromatic heterocycles. The number of aryl methyl sites for hydroxylation is 1. The summed E-state index contributed by atoms with van der Waals surface area (Å²) in [7, 11) is 0. The quantitative estimate of drug-likeness (QED) is 0.396. The van der Waals surface area contributed by atoms with Crippen LogP contribution in [0.1, 0.15) is 43.9 Å². The topological polar surface area (TPSA) is 121 Å². The van der Waals surface area contributed by atoms with Crippen LogP contribution in [0.15, 0.2) is 40.9 Å². The molecule has 0 saturated carbocycles. The molecule has 1 atom stereocenters. The number of H-pyrrole nitrogens is 1. The Balaban J connectivity index is 1.48. The molecule has 0 aliphatic heterocycles. The van der Waals surface area contributed by atoms with E-state index in [9.17, 15) is 15.0 Å². The molecule has 8 nitrogen and oxygen atoms in total. The minimum atomic E-state index is -0.782. The number of aromatic hydroxyl groups is 1. The van der Waals surface area contributed by atoms with Crippen molar-refractivity contribution in [1.82, 2.24) is 15.1 Å². The average molecular weight is 433 g/mol. The second-order valence-electron chi connectivity index (χ2n) is 8.42. The number of ether oxygens (including phenoxy) is 1. The zero-order chi connectivity index (χ0) is 22.4. The summed E-state index contributed by atoms with van der Waals surface area (Å²) in [6.45, 7) is 3.82. The highest BCUT2D eigenvalue weighted by Gasteiger charge is 2.28. The van der Waals surface area contributed by atoms with E-state index in [2.05, 4.69) is 15.1 Å². The third kappa shape index (κ3) is 3.68. The maximum atomic E-state index is 11.2. The number of aromatic nitrogens is 3. The summed E-state index contributed by atoms with van der Waals surface area (Å²) < 4.78 is 11.1. The third-order valence-electron chi connectivity index (χ3n) is 5.71. The molecule has 0 saturated heterocycles. The lowest BCUT2D eigenvalue weighted by atomic mass is 10.0. The lowest BCUT2D eigenvalue weighted by molar-refractivity contribution is -0.137. The molecule has 1 unspecified atom stereocenters. The van der Waals surface area contributed by atoms with Gasteiger partial charge in [0.25, 0.3) is 5.89 Å². The standard InChI is InChI=1S/C24H23N3O5/c1-12(2)31-17-8-15(7-16(28)11-17)24-26-23(27-32-24)14-4-6-20-19(9-14)18-5-3-13(10-21(29)30)22(18)25-20/h4,6-9,11-13,25,28H,3,5,10H2,1-2H3,(H,29,30). The highest BCUT2D eigenvalue weighted by molar-refractivity contribution is 5.89. The molecule has 164 valence electrons. The summed E-state index contributed by atoms with van der Waals surface area (Å²) in [5, 5.41) is 24.4. The number of benzene rings is 2. The molecule has 0 amide bonds. The van der Waals surface area contributed by atoms with E-state index < -0.39 is 5.97 Å². The van der Waals surface area contributed by atoms with Gasteiger partial charge in [-0.05, 0) is 62.6 Å². The number of rotatable bonds is 6. The van der Waals surface area contributed by atoms with Crippen LogP contribution in [0.5, 0.6) is 11.5 Å². The van der Waals surface area contributed by atoms with Gasteiger partial charge in [0.15, 0.2) is 0 Å². The molecule has 0 bridgehead atoms. The number of aliphatic carboxylic acids is 1. The number of nitrogens with one attached hydrogen (secondary N) is 1. The Labute approximate surface area is 183 Å². The number of hydrogen-bond donors (Lipinski definition) is 3. The zero-order valence-corrected chi connectivity index (χ0v) is 17.8. The first-order valence-corrected chi connectivity index (χ1v) is 10.6. The normalized spacial score (nSPS) is 15.4. The zero-order valence-electron chi connectivity index (χ0n) is 17.8. The second-order valence-corrected chi connectivity index (χ2v) is 8.42. The van der Waals surface area contributed by atoms with Crippen LogP contribution in [0, 0.1) is 0 Å². The fourth-order valence-electron chi connectivity index (χ4n) is 4.41. The van der Waals surface area contributed by atoms with Crippen LogP contribution >= 0.6 is 0 Å². The molecule has 4 aromatic rings. The van der Waals surface area contributed by atoms with Crippen molar-refractivity contribution in [3.63, 3.8) is 0 Å². The maximum Gasteiger partial charge on any atom is 0.304 e. The number of nitrogens with zero attached hydrogens (tertiary/aromatic N) is 2. The van der Waals surface area contributed by atoms with E-state index in [4.69, 9.17) is 9.26 Å². The van der Waals surface area contributed by atoms with Gasteiger partial charge in [0.05, 0.1) is 12.5 Å². The van der Waals surface area contributed by atoms with Crippen LogP contribution in [0.2, 0.25) is 0 Å². The Morgan fingerprint density at radius 3 is 2.88 bits per heavy atom. The van der Waals surface area contributed by atoms with E-state index in [1.165, 1.54) is 5.56 Å². The molecular formula is C24H23N3O5. The van der Waals surface area contributed by atoms with Crippen LogP contribution in [0.25, 0.3) is 33.7 Å². The van der Waals surface area contributed by atoms with Gasteiger partial charge in [-0.1, -0.05) is 5.16 Å². The number of aromatic amines is 1. The van der Waals surface area contributed by atoms with E-state index in [1.807, 2.05) is 32.0 Å². The van der Waals surface area contributed by atoms with Crippen LogP contribution in [0.3, 0.4) is 0 Å². The van der Waals surface area contributed by atoms with Gasteiger partial charge >= 0.3 is 5.97 Å². The second kappa shape index (κ2) is 7.71. The number of carbonyl (C=O) groups is 1. The first-order chi connectivity index (χ1) is 15.4. The molecule has 3 N–H and O–H groups in total. The van der Waals surface area contributed by atoms with Crippen molar-refractivity contribution in [3.8, 4) is 34.3 Å². The summed E-state index contributed by atoms with van der Waals surface area (Å²) in [5.41, 5.74) is 4.53. The highest BCUT2D eigenvalue weighted by Crippen LogP contribution is 2.40. The van der Waals surface area contributed by atoms with Gasteiger partial charge in [0.1, 0.15) is 11.5 Å². The highest BCUT2D eigenvalue weighted by atomic mass is 16.5. The van der Waals surface area contributed by atoms with E-state index in [0.717, 1.165) is 35.0 Å². The van der Waals surface area contributed by atoms with Gasteiger partial charge in [-0.3, -0.25) is 4.79 Å². The Hall–Kier alpha value is -3.81. The largest absolute Gasteiger partial charge is 0.508 e. The monoisotopic (exact) mass is 433 g/mol. The van der Waals surface area contributed by atoms with Crippen LogP contribution in [-0.2, 0) is 11.2 Å². The minimum Gasteiger partial charge on any atom is -0.508 e. The van der Waals surface area contributed by atoms with Crippen molar-refractivity contribution in [1.29, 1.82) is 0 Å². The molecule has 2 aromatic carbocycles. The Morgan fingerprint density at radius 2 is 2.09 bits per heavy atom. The van der Waals surface area contributed by atoms with Gasteiger partial charge in [-0.15, -0.1) is 0 Å². The molecule has 1 aliphatic rings. The van der Waals surface area contributed by atoms with Crippen molar-refractivity contribution in [3.05, 3.63) is 47.7 Å². The summed E-state index contributed by atoms with van der Waals surface area (Å²) >= 11 is 0.